The van der Waals surface area contributed by atoms with E-state index in [1.54, 1.807) is 30.3 Å². The highest BCUT2D eigenvalue weighted by Crippen LogP contribution is 2.29. The van der Waals surface area contributed by atoms with Gasteiger partial charge in [-0.05, 0) is 24.3 Å². The number of nitro benzene ring substituents is 1. The third kappa shape index (κ3) is 5.49. The summed E-state index contributed by atoms with van der Waals surface area (Å²) in [5, 5.41) is 13.5. The molecule has 0 saturated heterocycles. The zero-order valence-electron chi connectivity index (χ0n) is 15.4. The van der Waals surface area contributed by atoms with Crippen molar-refractivity contribution in [2.45, 2.75) is 6.10 Å². The van der Waals surface area contributed by atoms with Gasteiger partial charge in [0.05, 0.1) is 9.95 Å². The Kier molecular flexibility index (Phi) is 7.06. The van der Waals surface area contributed by atoms with Gasteiger partial charge in [-0.2, -0.15) is 0 Å². The maximum Gasteiger partial charge on any atom is 0.359 e. The van der Waals surface area contributed by atoms with E-state index in [0.717, 1.165) is 6.07 Å². The topological polar surface area (TPSA) is 111 Å². The molecule has 11 heteroatoms. The standard InChI is InChI=1S/C20H12Cl3N3O5/c21-13-7-6-12(10-15(13)26(29)30)24-19(27)18(11-4-2-1-3-5-11)31-20(28)17-14(22)8-9-16(23)25-17/h1-10,18H,(H,24,27). The SMILES string of the molecule is O=C(OC(C(=O)Nc1ccc(Cl)c([N+](=O)[O-])c1)c1ccccc1)c1nc(Cl)ccc1Cl. The van der Waals surface area contributed by atoms with Gasteiger partial charge in [0, 0.05) is 17.3 Å². The third-order valence-corrected chi connectivity index (χ3v) is 4.82. The third-order valence-electron chi connectivity index (χ3n) is 3.98. The van der Waals surface area contributed by atoms with Crippen LogP contribution in [0.15, 0.2) is 60.7 Å². The number of amides is 1. The summed E-state index contributed by atoms with van der Waals surface area (Å²) in [7, 11) is 0. The number of hydrogen-bond acceptors (Lipinski definition) is 6. The Morgan fingerprint density at radius 1 is 1.00 bits per heavy atom. The van der Waals surface area contributed by atoms with Crippen molar-refractivity contribution in [3.05, 3.63) is 97.2 Å². The van der Waals surface area contributed by atoms with Gasteiger partial charge in [-0.3, -0.25) is 14.9 Å². The van der Waals surface area contributed by atoms with Crippen molar-refractivity contribution in [3.8, 4) is 0 Å². The van der Waals surface area contributed by atoms with Crippen molar-refractivity contribution in [2.75, 3.05) is 5.32 Å². The molecule has 0 saturated carbocycles. The van der Waals surface area contributed by atoms with Crippen LogP contribution < -0.4 is 5.32 Å². The lowest BCUT2D eigenvalue weighted by Gasteiger charge is -2.18. The number of carbonyl (C=O) groups excluding carboxylic acids is 2. The number of esters is 1. The number of pyridine rings is 1. The lowest BCUT2D eigenvalue weighted by Crippen LogP contribution is -2.26. The minimum atomic E-state index is -1.40. The van der Waals surface area contributed by atoms with Crippen molar-refractivity contribution < 1.29 is 19.2 Å². The lowest BCUT2D eigenvalue weighted by atomic mass is 10.1. The Morgan fingerprint density at radius 3 is 2.35 bits per heavy atom. The van der Waals surface area contributed by atoms with Gasteiger partial charge in [0.15, 0.2) is 5.69 Å². The molecule has 0 aliphatic rings. The van der Waals surface area contributed by atoms with Gasteiger partial charge in [-0.15, -0.1) is 0 Å². The van der Waals surface area contributed by atoms with Crippen molar-refractivity contribution in [2.24, 2.45) is 0 Å². The molecule has 1 heterocycles. The van der Waals surface area contributed by atoms with Crippen LogP contribution in [0.4, 0.5) is 11.4 Å². The number of ether oxygens (including phenoxy) is 1. The molecular formula is C20H12Cl3N3O5. The number of hydrogen-bond donors (Lipinski definition) is 1. The molecule has 3 rings (SSSR count). The fraction of sp³-hybridized carbons (Fsp3) is 0.0500. The Hall–Kier alpha value is -3.20. The molecule has 0 aliphatic carbocycles. The summed E-state index contributed by atoms with van der Waals surface area (Å²) in [6.07, 6.45) is -1.40. The predicted octanol–water partition coefficient (Wildman–Crippen LogP) is 5.49. The molecular weight excluding hydrogens is 469 g/mol. The number of anilines is 1. The molecule has 2 aromatic carbocycles. The second kappa shape index (κ2) is 9.74. The Balaban J connectivity index is 1.90. The summed E-state index contributed by atoms with van der Waals surface area (Å²) in [4.78, 5) is 39.8. The number of nitrogens with one attached hydrogen (secondary N) is 1. The highest BCUT2D eigenvalue weighted by Gasteiger charge is 2.28. The smallest absolute Gasteiger partial charge is 0.359 e. The largest absolute Gasteiger partial charge is 0.443 e. The van der Waals surface area contributed by atoms with E-state index < -0.39 is 22.9 Å². The van der Waals surface area contributed by atoms with Crippen LogP contribution in [0.5, 0.6) is 0 Å². The maximum atomic E-state index is 12.9. The predicted molar refractivity (Wildman–Crippen MR) is 116 cm³/mol. The van der Waals surface area contributed by atoms with E-state index in [2.05, 4.69) is 10.3 Å². The Bertz CT molecular complexity index is 1160. The number of nitro groups is 1. The molecule has 0 bridgehead atoms. The van der Waals surface area contributed by atoms with E-state index in [-0.39, 0.29) is 32.3 Å². The van der Waals surface area contributed by atoms with E-state index in [1.807, 2.05) is 0 Å². The molecule has 158 valence electrons. The molecule has 3 aromatic rings. The maximum absolute atomic E-state index is 12.9. The fourth-order valence-electron chi connectivity index (χ4n) is 2.56. The van der Waals surface area contributed by atoms with Crippen molar-refractivity contribution >= 4 is 58.1 Å². The highest BCUT2D eigenvalue weighted by atomic mass is 35.5. The van der Waals surface area contributed by atoms with Crippen molar-refractivity contribution in [1.29, 1.82) is 0 Å². The second-order valence-corrected chi connectivity index (χ2v) is 7.27. The van der Waals surface area contributed by atoms with Gasteiger partial charge in [-0.25, -0.2) is 9.78 Å². The summed E-state index contributed by atoms with van der Waals surface area (Å²) in [6.45, 7) is 0. The van der Waals surface area contributed by atoms with Gasteiger partial charge in [0.25, 0.3) is 11.6 Å². The first kappa shape index (κ1) is 22.5. The summed E-state index contributed by atoms with van der Waals surface area (Å²) in [5.74, 6) is -1.73. The van der Waals surface area contributed by atoms with Crippen LogP contribution in [0.2, 0.25) is 15.2 Å². The van der Waals surface area contributed by atoms with E-state index in [9.17, 15) is 19.7 Å². The van der Waals surface area contributed by atoms with Gasteiger partial charge >= 0.3 is 5.97 Å². The summed E-state index contributed by atoms with van der Waals surface area (Å²) in [5.41, 5.74) is -0.195. The number of rotatable bonds is 6. The molecule has 31 heavy (non-hydrogen) atoms. The van der Waals surface area contributed by atoms with Crippen LogP contribution in [0.25, 0.3) is 0 Å². The Morgan fingerprint density at radius 2 is 1.68 bits per heavy atom. The molecule has 1 atom stereocenters. The quantitative estimate of drug-likeness (QED) is 0.216. The Labute approximate surface area is 190 Å². The van der Waals surface area contributed by atoms with Crippen LogP contribution in [0, 0.1) is 10.1 Å². The molecule has 0 fully saturated rings. The number of carbonyl (C=O) groups is 2. The van der Waals surface area contributed by atoms with Crippen LogP contribution in [0.3, 0.4) is 0 Å². The lowest BCUT2D eigenvalue weighted by molar-refractivity contribution is -0.384. The summed E-state index contributed by atoms with van der Waals surface area (Å²) in [6, 6.07) is 14.7. The highest BCUT2D eigenvalue weighted by molar-refractivity contribution is 6.34. The fourth-order valence-corrected chi connectivity index (χ4v) is 3.08. The molecule has 0 spiro atoms. The molecule has 1 amide bonds. The number of nitrogens with zero attached hydrogens (tertiary/aromatic N) is 2. The zero-order chi connectivity index (χ0) is 22.5. The molecule has 1 N–H and O–H groups in total. The van der Waals surface area contributed by atoms with E-state index in [0.29, 0.717) is 5.56 Å². The first-order valence-corrected chi connectivity index (χ1v) is 9.72. The van der Waals surface area contributed by atoms with Crippen LogP contribution >= 0.6 is 34.8 Å². The van der Waals surface area contributed by atoms with Gasteiger partial charge in [0.2, 0.25) is 6.10 Å². The minimum absolute atomic E-state index is 0.00468. The molecule has 0 aliphatic heterocycles. The van der Waals surface area contributed by atoms with E-state index in [4.69, 9.17) is 39.5 Å². The van der Waals surface area contributed by atoms with Crippen molar-refractivity contribution in [3.63, 3.8) is 0 Å². The first-order valence-electron chi connectivity index (χ1n) is 8.59. The average Bonchev–Trinajstić information content (AvgIpc) is 2.75. The van der Waals surface area contributed by atoms with Crippen LogP contribution in [-0.2, 0) is 9.53 Å². The van der Waals surface area contributed by atoms with E-state index >= 15 is 0 Å². The second-order valence-electron chi connectivity index (χ2n) is 6.07. The normalized spacial score (nSPS) is 11.5. The average molecular weight is 481 g/mol. The summed E-state index contributed by atoms with van der Waals surface area (Å²) >= 11 is 17.6. The van der Waals surface area contributed by atoms with Gasteiger partial charge < -0.3 is 10.1 Å². The van der Waals surface area contributed by atoms with Crippen molar-refractivity contribution in [1.82, 2.24) is 4.98 Å². The van der Waals surface area contributed by atoms with Crippen LogP contribution in [-0.4, -0.2) is 21.8 Å². The van der Waals surface area contributed by atoms with Crippen LogP contribution in [0.1, 0.15) is 22.2 Å². The minimum Gasteiger partial charge on any atom is -0.443 e. The number of halogens is 3. The molecule has 1 aromatic heterocycles. The molecule has 1 unspecified atom stereocenters. The number of benzene rings is 2. The summed E-state index contributed by atoms with van der Waals surface area (Å²) < 4.78 is 5.38. The van der Waals surface area contributed by atoms with Gasteiger partial charge in [0.1, 0.15) is 10.2 Å². The van der Waals surface area contributed by atoms with Gasteiger partial charge in [-0.1, -0.05) is 65.1 Å². The van der Waals surface area contributed by atoms with E-state index in [1.165, 1.54) is 24.3 Å². The molecule has 8 nitrogen and oxygen atoms in total. The number of aromatic nitrogens is 1. The molecule has 0 radical (unpaired) electrons. The zero-order valence-corrected chi connectivity index (χ0v) is 17.7. The monoisotopic (exact) mass is 479 g/mol. The first-order chi connectivity index (χ1) is 14.8.